The molecule has 0 aromatic carbocycles. The molecule has 0 aromatic rings. The van der Waals surface area contributed by atoms with Gasteiger partial charge in [-0.25, -0.2) is 0 Å². The van der Waals surface area contributed by atoms with Crippen molar-refractivity contribution in [2.24, 2.45) is 5.10 Å². The highest BCUT2D eigenvalue weighted by Gasteiger charge is 2.51. The van der Waals surface area contributed by atoms with E-state index in [2.05, 4.69) is 10.4 Å². The highest BCUT2D eigenvalue weighted by atomic mass is 19.4. The van der Waals surface area contributed by atoms with Crippen LogP contribution in [0.1, 0.15) is 0 Å². The van der Waals surface area contributed by atoms with Crippen LogP contribution in [0.2, 0.25) is 0 Å². The molecular formula is C7H11F3N4. The third-order valence-corrected chi connectivity index (χ3v) is 2.36. The number of hydrogen-bond acceptors (Lipinski definition) is 4. The number of nitrogens with one attached hydrogen (secondary N) is 1. The lowest BCUT2D eigenvalue weighted by molar-refractivity contribution is -0.204. The minimum Gasteiger partial charge on any atom is -0.327 e. The first-order valence-electron chi connectivity index (χ1n) is 4.34. The number of alkyl halides is 3. The van der Waals surface area contributed by atoms with Crippen molar-refractivity contribution in [3.05, 3.63) is 0 Å². The Morgan fingerprint density at radius 2 is 2.21 bits per heavy atom. The van der Waals surface area contributed by atoms with Crippen LogP contribution >= 0.6 is 0 Å². The number of piperazine rings is 1. The quantitative estimate of drug-likeness (QED) is 0.609. The van der Waals surface area contributed by atoms with E-state index in [1.807, 2.05) is 0 Å². The van der Waals surface area contributed by atoms with E-state index in [1.54, 1.807) is 0 Å². The normalized spacial score (nSPS) is 27.7. The lowest BCUT2D eigenvalue weighted by Gasteiger charge is -2.33. The third-order valence-electron chi connectivity index (χ3n) is 2.36. The molecule has 0 amide bonds. The molecule has 2 aliphatic rings. The molecule has 1 saturated heterocycles. The molecule has 0 radical (unpaired) electrons. The Hall–Kier alpha value is -0.980. The first-order valence-corrected chi connectivity index (χ1v) is 4.34. The van der Waals surface area contributed by atoms with Crippen molar-refractivity contribution in [2.45, 2.75) is 12.3 Å². The zero-order valence-corrected chi connectivity index (χ0v) is 7.67. The van der Waals surface area contributed by atoms with E-state index in [9.17, 15) is 13.2 Å². The topological polar surface area (TPSA) is 30.9 Å². The van der Waals surface area contributed by atoms with Gasteiger partial charge < -0.3 is 10.2 Å². The minimum absolute atomic E-state index is 0.355. The van der Waals surface area contributed by atoms with E-state index in [-0.39, 0.29) is 0 Å². The third kappa shape index (κ3) is 1.41. The fourth-order valence-electron chi connectivity index (χ4n) is 1.81. The van der Waals surface area contributed by atoms with Crippen LogP contribution in [0, 0.1) is 0 Å². The van der Waals surface area contributed by atoms with Crippen LogP contribution < -0.4 is 5.32 Å². The minimum atomic E-state index is -4.25. The molecule has 0 aliphatic carbocycles. The van der Waals surface area contributed by atoms with Gasteiger partial charge in [-0.05, 0) is 0 Å². The summed E-state index contributed by atoms with van der Waals surface area (Å²) >= 11 is 0. The van der Waals surface area contributed by atoms with Crippen LogP contribution in [0.5, 0.6) is 0 Å². The molecule has 80 valence electrons. The summed E-state index contributed by atoms with van der Waals surface area (Å²) in [5, 5.41) is 7.81. The van der Waals surface area contributed by atoms with E-state index in [0.717, 1.165) is 5.01 Å². The van der Waals surface area contributed by atoms with Gasteiger partial charge in [0.2, 0.25) is 6.17 Å². The van der Waals surface area contributed by atoms with Crippen molar-refractivity contribution in [1.82, 2.24) is 15.2 Å². The van der Waals surface area contributed by atoms with Crippen molar-refractivity contribution < 1.29 is 13.2 Å². The fraction of sp³-hybridized carbons (Fsp3) is 0.857. The summed E-state index contributed by atoms with van der Waals surface area (Å²) in [4.78, 5) is 1.30. The van der Waals surface area contributed by atoms with Gasteiger partial charge in [0.05, 0.1) is 6.54 Å². The SMILES string of the molecule is CN1N=C2CNCCN2C1C(F)(F)F. The van der Waals surface area contributed by atoms with Crippen molar-refractivity contribution in [2.75, 3.05) is 26.7 Å². The van der Waals surface area contributed by atoms with E-state index < -0.39 is 12.3 Å². The van der Waals surface area contributed by atoms with Crippen LogP contribution in [0.4, 0.5) is 13.2 Å². The predicted octanol–water partition coefficient (Wildman–Crippen LogP) is 0.0389. The Morgan fingerprint density at radius 1 is 1.50 bits per heavy atom. The summed E-state index contributed by atoms with van der Waals surface area (Å²) in [6.07, 6.45) is -5.84. The molecule has 2 heterocycles. The predicted molar refractivity (Wildman–Crippen MR) is 44.6 cm³/mol. The molecule has 1 fully saturated rings. The van der Waals surface area contributed by atoms with Gasteiger partial charge in [0.1, 0.15) is 5.84 Å². The van der Waals surface area contributed by atoms with Crippen molar-refractivity contribution in [3.63, 3.8) is 0 Å². The number of hydrazone groups is 1. The van der Waals surface area contributed by atoms with Crippen LogP contribution in [0.3, 0.4) is 0 Å². The molecule has 0 spiro atoms. The molecule has 0 aromatic heterocycles. The lowest BCUT2D eigenvalue weighted by Crippen LogP contribution is -2.56. The summed E-state index contributed by atoms with van der Waals surface area (Å²) in [6.45, 7) is 1.34. The van der Waals surface area contributed by atoms with Gasteiger partial charge in [0.25, 0.3) is 0 Å². The number of nitrogens with zero attached hydrogens (tertiary/aromatic N) is 3. The smallest absolute Gasteiger partial charge is 0.327 e. The van der Waals surface area contributed by atoms with Crippen molar-refractivity contribution in [1.29, 1.82) is 0 Å². The molecule has 7 heteroatoms. The van der Waals surface area contributed by atoms with Crippen LogP contribution in [0.25, 0.3) is 0 Å². The number of fused-ring (bicyclic) bond motifs is 1. The Morgan fingerprint density at radius 3 is 2.86 bits per heavy atom. The van der Waals surface area contributed by atoms with Gasteiger partial charge in [-0.1, -0.05) is 0 Å². The Labute approximate surface area is 79.3 Å². The van der Waals surface area contributed by atoms with Gasteiger partial charge in [0, 0.05) is 20.1 Å². The Balaban J connectivity index is 2.21. The monoisotopic (exact) mass is 208 g/mol. The van der Waals surface area contributed by atoms with Crippen LogP contribution in [-0.2, 0) is 0 Å². The molecule has 0 bridgehead atoms. The average Bonchev–Trinajstić information content (AvgIpc) is 2.38. The first kappa shape index (κ1) is 9.57. The zero-order valence-electron chi connectivity index (χ0n) is 7.67. The van der Waals surface area contributed by atoms with Crippen LogP contribution in [0.15, 0.2) is 5.10 Å². The second kappa shape index (κ2) is 3.01. The van der Waals surface area contributed by atoms with Gasteiger partial charge in [-0.2, -0.15) is 18.3 Å². The first-order chi connectivity index (χ1) is 6.50. The Bertz CT molecular complexity index is 262. The second-order valence-electron chi connectivity index (χ2n) is 3.38. The molecule has 14 heavy (non-hydrogen) atoms. The summed E-state index contributed by atoms with van der Waals surface area (Å²) < 4.78 is 37.8. The molecule has 1 unspecified atom stereocenters. The van der Waals surface area contributed by atoms with Crippen molar-refractivity contribution in [3.8, 4) is 0 Å². The molecule has 1 N–H and O–H groups in total. The maximum Gasteiger partial charge on any atom is 0.429 e. The second-order valence-corrected chi connectivity index (χ2v) is 3.38. The zero-order chi connectivity index (χ0) is 10.3. The van der Waals surface area contributed by atoms with Gasteiger partial charge in [0.15, 0.2) is 0 Å². The van der Waals surface area contributed by atoms with E-state index in [1.165, 1.54) is 11.9 Å². The maximum atomic E-state index is 12.6. The largest absolute Gasteiger partial charge is 0.429 e. The van der Waals surface area contributed by atoms with Gasteiger partial charge in [-0.15, -0.1) is 0 Å². The molecule has 2 aliphatic heterocycles. The number of rotatable bonds is 0. The average molecular weight is 208 g/mol. The highest BCUT2D eigenvalue weighted by molar-refractivity contribution is 5.86. The van der Waals surface area contributed by atoms with Gasteiger partial charge in [-0.3, -0.25) is 5.01 Å². The number of hydrogen-bond donors (Lipinski definition) is 1. The molecule has 0 saturated carbocycles. The maximum absolute atomic E-state index is 12.6. The Kier molecular flexibility index (Phi) is 2.06. The highest BCUT2D eigenvalue weighted by Crippen LogP contribution is 2.31. The van der Waals surface area contributed by atoms with E-state index >= 15 is 0 Å². The van der Waals surface area contributed by atoms with Crippen LogP contribution in [-0.4, -0.2) is 54.8 Å². The standard InChI is InChI=1S/C7H11F3N4/c1-13-6(7(8,9)10)14-3-2-11-4-5(14)12-13/h6,11H,2-4H2,1H3. The summed E-state index contributed by atoms with van der Waals surface area (Å²) in [5.41, 5.74) is 0. The summed E-state index contributed by atoms with van der Waals surface area (Å²) in [5.74, 6) is 0.473. The van der Waals surface area contributed by atoms with Crippen molar-refractivity contribution >= 4 is 5.84 Å². The molecule has 4 nitrogen and oxygen atoms in total. The van der Waals surface area contributed by atoms with Gasteiger partial charge >= 0.3 is 6.18 Å². The number of amidine groups is 1. The lowest BCUT2D eigenvalue weighted by atomic mass is 10.3. The molecule has 2 rings (SSSR count). The number of halogens is 3. The summed E-state index contributed by atoms with van der Waals surface area (Å²) in [6, 6.07) is 0. The summed E-state index contributed by atoms with van der Waals surface area (Å²) in [7, 11) is 1.35. The molecule has 1 atom stereocenters. The van der Waals surface area contributed by atoms with E-state index in [0.29, 0.717) is 25.5 Å². The molecular weight excluding hydrogens is 197 g/mol. The van der Waals surface area contributed by atoms with E-state index in [4.69, 9.17) is 0 Å². The fourth-order valence-corrected chi connectivity index (χ4v) is 1.81.